The molecule has 0 bridgehead atoms. The van der Waals surface area contributed by atoms with Gasteiger partial charge in [0.05, 0.1) is 11.5 Å². The van der Waals surface area contributed by atoms with Gasteiger partial charge in [-0.05, 0) is 38.8 Å². The molecule has 0 N–H and O–H groups in total. The molecule has 0 saturated heterocycles. The Morgan fingerprint density at radius 3 is 2.33 bits per heavy atom. The second-order valence-electron chi connectivity index (χ2n) is 4.25. The fourth-order valence-electron chi connectivity index (χ4n) is 1.42. The predicted octanol–water partition coefficient (Wildman–Crippen LogP) is 2.46. The molecule has 100 valence electrons. The van der Waals surface area contributed by atoms with E-state index in [1.807, 2.05) is 6.92 Å². The van der Waals surface area contributed by atoms with Crippen LogP contribution < -0.4 is 0 Å². The Balaban J connectivity index is 2.45. The van der Waals surface area contributed by atoms with Gasteiger partial charge in [0.2, 0.25) is 0 Å². The van der Waals surface area contributed by atoms with Gasteiger partial charge in [0.1, 0.15) is 5.78 Å². The van der Waals surface area contributed by atoms with Crippen LogP contribution in [0.3, 0.4) is 0 Å². The zero-order valence-electron chi connectivity index (χ0n) is 10.7. The van der Waals surface area contributed by atoms with E-state index in [-0.39, 0.29) is 17.3 Å². The minimum absolute atomic E-state index is 0.108. The molecule has 0 amide bonds. The third kappa shape index (κ3) is 4.98. The first-order chi connectivity index (χ1) is 8.42. The van der Waals surface area contributed by atoms with Gasteiger partial charge < -0.3 is 4.79 Å². The van der Waals surface area contributed by atoms with E-state index in [1.165, 1.54) is 19.1 Å². The zero-order chi connectivity index (χ0) is 13.6. The number of aryl methyl sites for hydroxylation is 1. The Kier molecular flexibility index (Phi) is 5.50. The van der Waals surface area contributed by atoms with Crippen LogP contribution >= 0.6 is 0 Å². The molecule has 0 atom stereocenters. The van der Waals surface area contributed by atoms with Crippen molar-refractivity contribution in [2.24, 2.45) is 0 Å². The fraction of sp³-hybridized carbons (Fsp3) is 0.462. The number of benzene rings is 1. The van der Waals surface area contributed by atoms with Gasteiger partial charge in [-0.2, -0.15) is 8.42 Å². The van der Waals surface area contributed by atoms with E-state index in [9.17, 15) is 13.2 Å². The lowest BCUT2D eigenvalue weighted by Gasteiger charge is -2.05. The maximum atomic E-state index is 11.8. The topological polar surface area (TPSA) is 60.4 Å². The molecule has 4 nitrogen and oxygen atoms in total. The van der Waals surface area contributed by atoms with Gasteiger partial charge in [0.15, 0.2) is 0 Å². The highest BCUT2D eigenvalue weighted by Crippen LogP contribution is 2.13. The summed E-state index contributed by atoms with van der Waals surface area (Å²) in [4.78, 5) is 10.9. The summed E-state index contributed by atoms with van der Waals surface area (Å²) in [5, 5.41) is 0. The summed E-state index contributed by atoms with van der Waals surface area (Å²) < 4.78 is 28.4. The molecule has 0 radical (unpaired) electrons. The number of carbonyl (C=O) groups excluding carboxylic acids is 1. The number of ketones is 1. The zero-order valence-corrected chi connectivity index (χ0v) is 11.5. The van der Waals surface area contributed by atoms with Crippen LogP contribution in [0.5, 0.6) is 0 Å². The van der Waals surface area contributed by atoms with Crippen molar-refractivity contribution in [1.82, 2.24) is 0 Å². The first-order valence-electron chi connectivity index (χ1n) is 5.87. The maximum absolute atomic E-state index is 11.8. The molecule has 0 aliphatic heterocycles. The van der Waals surface area contributed by atoms with Crippen molar-refractivity contribution in [3.05, 3.63) is 29.8 Å². The largest absolute Gasteiger partial charge is 0.300 e. The lowest BCUT2D eigenvalue weighted by Crippen LogP contribution is -2.08. The standard InChI is InChI=1S/C13H18O4S/c1-11-6-8-13(9-7-11)18(15,16)17-10-4-3-5-12(2)14/h6-9H,3-5,10H2,1-2H3. The number of unbranched alkanes of at least 4 members (excludes halogenated alkanes) is 1. The van der Waals surface area contributed by atoms with Gasteiger partial charge >= 0.3 is 0 Å². The normalized spacial score (nSPS) is 11.4. The first kappa shape index (κ1) is 14.9. The fourth-order valence-corrected chi connectivity index (χ4v) is 2.36. The lowest BCUT2D eigenvalue weighted by atomic mass is 10.2. The third-order valence-corrected chi connectivity index (χ3v) is 3.80. The highest BCUT2D eigenvalue weighted by atomic mass is 32.2. The van der Waals surface area contributed by atoms with E-state index in [2.05, 4.69) is 0 Å². The van der Waals surface area contributed by atoms with Crippen molar-refractivity contribution < 1.29 is 17.4 Å². The van der Waals surface area contributed by atoms with Crippen LogP contribution in [0, 0.1) is 6.92 Å². The van der Waals surface area contributed by atoms with Crippen molar-refractivity contribution in [1.29, 1.82) is 0 Å². The smallest absolute Gasteiger partial charge is 0.296 e. The van der Waals surface area contributed by atoms with Crippen molar-refractivity contribution >= 4 is 15.9 Å². The number of Topliss-reactive ketones (excluding diaryl/α,β-unsaturated/α-hetero) is 1. The van der Waals surface area contributed by atoms with Gasteiger partial charge in [-0.3, -0.25) is 4.18 Å². The van der Waals surface area contributed by atoms with Crippen molar-refractivity contribution in [3.63, 3.8) is 0 Å². The van der Waals surface area contributed by atoms with Crippen LogP contribution in [-0.2, 0) is 19.1 Å². The third-order valence-electron chi connectivity index (χ3n) is 2.47. The van der Waals surface area contributed by atoms with Crippen LogP contribution in [0.2, 0.25) is 0 Å². The Morgan fingerprint density at radius 2 is 1.78 bits per heavy atom. The van der Waals surface area contributed by atoms with Gasteiger partial charge in [-0.15, -0.1) is 0 Å². The van der Waals surface area contributed by atoms with Gasteiger partial charge in [0.25, 0.3) is 10.1 Å². The molecule has 0 aliphatic rings. The molecule has 0 spiro atoms. The number of carbonyl (C=O) groups is 1. The Hall–Kier alpha value is -1.20. The average molecular weight is 270 g/mol. The number of hydrogen-bond acceptors (Lipinski definition) is 4. The van der Waals surface area contributed by atoms with E-state index < -0.39 is 10.1 Å². The number of hydrogen-bond donors (Lipinski definition) is 0. The van der Waals surface area contributed by atoms with Crippen molar-refractivity contribution in [2.45, 2.75) is 38.0 Å². The van der Waals surface area contributed by atoms with E-state index in [1.54, 1.807) is 12.1 Å². The summed E-state index contributed by atoms with van der Waals surface area (Å²) in [6.45, 7) is 3.52. The molecule has 0 heterocycles. The first-order valence-corrected chi connectivity index (χ1v) is 7.28. The average Bonchev–Trinajstić information content (AvgIpc) is 2.28. The molecule has 0 aromatic heterocycles. The quantitative estimate of drug-likeness (QED) is 0.564. The van der Waals surface area contributed by atoms with Gasteiger partial charge in [0, 0.05) is 6.42 Å². The molecule has 1 aromatic carbocycles. The van der Waals surface area contributed by atoms with Gasteiger partial charge in [-0.25, -0.2) is 0 Å². The highest BCUT2D eigenvalue weighted by Gasteiger charge is 2.14. The Labute approximate surface area is 108 Å². The van der Waals surface area contributed by atoms with Crippen molar-refractivity contribution in [2.75, 3.05) is 6.61 Å². The molecule has 0 aliphatic carbocycles. The van der Waals surface area contributed by atoms with Gasteiger partial charge in [-0.1, -0.05) is 17.7 Å². The summed E-state index contributed by atoms with van der Waals surface area (Å²) in [5.41, 5.74) is 0.996. The minimum Gasteiger partial charge on any atom is -0.300 e. The predicted molar refractivity (Wildman–Crippen MR) is 68.8 cm³/mol. The minimum atomic E-state index is -3.66. The lowest BCUT2D eigenvalue weighted by molar-refractivity contribution is -0.117. The molecule has 1 rings (SSSR count). The van der Waals surface area contributed by atoms with Crippen LogP contribution in [0.25, 0.3) is 0 Å². The Morgan fingerprint density at radius 1 is 1.17 bits per heavy atom. The highest BCUT2D eigenvalue weighted by molar-refractivity contribution is 7.86. The van der Waals surface area contributed by atoms with Crippen LogP contribution in [0.4, 0.5) is 0 Å². The molecule has 18 heavy (non-hydrogen) atoms. The van der Waals surface area contributed by atoms with Crippen molar-refractivity contribution in [3.8, 4) is 0 Å². The second kappa shape index (κ2) is 6.66. The molecule has 0 unspecified atom stereocenters. The van der Waals surface area contributed by atoms with Crippen LogP contribution in [0.1, 0.15) is 31.7 Å². The summed E-state index contributed by atoms with van der Waals surface area (Å²) >= 11 is 0. The monoisotopic (exact) mass is 270 g/mol. The van der Waals surface area contributed by atoms with E-state index in [4.69, 9.17) is 4.18 Å². The number of rotatable bonds is 7. The van der Waals surface area contributed by atoms with Crippen LogP contribution in [0.15, 0.2) is 29.2 Å². The van der Waals surface area contributed by atoms with E-state index in [0.717, 1.165) is 5.56 Å². The molecule has 0 saturated carbocycles. The summed E-state index contributed by atoms with van der Waals surface area (Å²) in [7, 11) is -3.66. The molecular weight excluding hydrogens is 252 g/mol. The molecule has 1 aromatic rings. The SMILES string of the molecule is CC(=O)CCCCOS(=O)(=O)c1ccc(C)cc1. The van der Waals surface area contributed by atoms with E-state index in [0.29, 0.717) is 19.3 Å². The van der Waals surface area contributed by atoms with E-state index >= 15 is 0 Å². The van der Waals surface area contributed by atoms with Crippen LogP contribution in [-0.4, -0.2) is 20.8 Å². The second-order valence-corrected chi connectivity index (χ2v) is 5.86. The molecule has 5 heteroatoms. The maximum Gasteiger partial charge on any atom is 0.296 e. The Bertz CT molecular complexity index is 488. The summed E-state index contributed by atoms with van der Waals surface area (Å²) in [6.07, 6.45) is 1.68. The molecular formula is C13H18O4S. The summed E-state index contributed by atoms with van der Waals surface area (Å²) in [6, 6.07) is 6.51. The summed E-state index contributed by atoms with van der Waals surface area (Å²) in [5.74, 6) is 0.108. The molecule has 0 fully saturated rings.